The van der Waals surface area contributed by atoms with Crippen molar-refractivity contribution in [3.05, 3.63) is 89.5 Å². The molecular formula is C29H33N5O3. The van der Waals surface area contributed by atoms with Gasteiger partial charge in [0.05, 0.1) is 5.52 Å². The number of nitrogens with zero attached hydrogens (tertiary/aromatic N) is 4. The number of aromatic hydroxyl groups is 1. The van der Waals surface area contributed by atoms with Crippen LogP contribution in [0.4, 0.5) is 0 Å². The number of amides is 2. The van der Waals surface area contributed by atoms with Crippen LogP contribution < -0.4 is 5.32 Å². The van der Waals surface area contributed by atoms with Gasteiger partial charge in [0, 0.05) is 12.1 Å². The van der Waals surface area contributed by atoms with Gasteiger partial charge in [0.25, 0.3) is 0 Å². The fourth-order valence-corrected chi connectivity index (χ4v) is 4.09. The van der Waals surface area contributed by atoms with Crippen LogP contribution in [0.1, 0.15) is 49.9 Å². The number of para-hydroxylation sites is 1. The Kier molecular flexibility index (Phi) is 7.57. The van der Waals surface area contributed by atoms with Crippen LogP contribution in [0.15, 0.2) is 72.8 Å². The lowest BCUT2D eigenvalue weighted by Gasteiger charge is -2.34. The molecular weight excluding hydrogens is 466 g/mol. The minimum Gasteiger partial charge on any atom is -0.508 e. The predicted molar refractivity (Wildman–Crippen MR) is 143 cm³/mol. The minimum atomic E-state index is -0.921. The third-order valence-corrected chi connectivity index (χ3v) is 6.61. The quantitative estimate of drug-likeness (QED) is 0.353. The summed E-state index contributed by atoms with van der Waals surface area (Å²) < 4.78 is 1.56. The molecule has 4 aromatic rings. The van der Waals surface area contributed by atoms with Crippen molar-refractivity contribution in [3.63, 3.8) is 0 Å². The van der Waals surface area contributed by atoms with Gasteiger partial charge in [-0.15, -0.1) is 5.10 Å². The molecule has 0 aliphatic carbocycles. The molecule has 0 fully saturated rings. The molecule has 0 aliphatic rings. The van der Waals surface area contributed by atoms with Crippen molar-refractivity contribution in [2.45, 2.75) is 58.8 Å². The lowest BCUT2D eigenvalue weighted by atomic mass is 9.98. The SMILES string of the molecule is CCC(C)(C)NC(=O)C(c1ccc(O)cc1)N(Cc1ccc(C)cc1)C(=O)Cn1nnc2ccccc21. The molecule has 4 rings (SSSR count). The van der Waals surface area contributed by atoms with Gasteiger partial charge in [0.2, 0.25) is 11.8 Å². The molecule has 37 heavy (non-hydrogen) atoms. The second kappa shape index (κ2) is 10.8. The van der Waals surface area contributed by atoms with E-state index in [4.69, 9.17) is 0 Å². The van der Waals surface area contributed by atoms with Crippen molar-refractivity contribution in [2.75, 3.05) is 0 Å². The first-order valence-corrected chi connectivity index (χ1v) is 12.4. The lowest BCUT2D eigenvalue weighted by molar-refractivity contribution is -0.143. The maximum Gasteiger partial charge on any atom is 0.247 e. The molecule has 2 amide bonds. The van der Waals surface area contributed by atoms with E-state index in [-0.39, 0.29) is 30.7 Å². The Morgan fingerprint density at radius 2 is 1.70 bits per heavy atom. The van der Waals surface area contributed by atoms with Gasteiger partial charge in [-0.1, -0.05) is 66.2 Å². The maximum absolute atomic E-state index is 14.0. The van der Waals surface area contributed by atoms with Crippen molar-refractivity contribution >= 4 is 22.8 Å². The number of phenolic OH excluding ortho intramolecular Hbond substituents is 1. The second-order valence-corrected chi connectivity index (χ2v) is 9.96. The van der Waals surface area contributed by atoms with Crippen LogP contribution in [-0.4, -0.2) is 42.4 Å². The summed E-state index contributed by atoms with van der Waals surface area (Å²) in [6.07, 6.45) is 0.720. The van der Waals surface area contributed by atoms with Crippen molar-refractivity contribution in [2.24, 2.45) is 0 Å². The first-order chi connectivity index (χ1) is 17.7. The number of hydrogen-bond acceptors (Lipinski definition) is 5. The summed E-state index contributed by atoms with van der Waals surface area (Å²) in [7, 11) is 0. The fourth-order valence-electron chi connectivity index (χ4n) is 4.09. The topological polar surface area (TPSA) is 100 Å². The number of nitrogens with one attached hydrogen (secondary N) is 1. The summed E-state index contributed by atoms with van der Waals surface area (Å²) in [5.41, 5.74) is 3.57. The van der Waals surface area contributed by atoms with Crippen molar-refractivity contribution in [1.29, 1.82) is 0 Å². The molecule has 8 heteroatoms. The average Bonchev–Trinajstić information content (AvgIpc) is 3.28. The third kappa shape index (κ3) is 6.14. The number of carbonyl (C=O) groups is 2. The Morgan fingerprint density at radius 1 is 1.03 bits per heavy atom. The molecule has 0 saturated carbocycles. The van der Waals surface area contributed by atoms with Gasteiger partial charge < -0.3 is 15.3 Å². The van der Waals surface area contributed by atoms with Crippen LogP contribution in [-0.2, 0) is 22.7 Å². The summed E-state index contributed by atoms with van der Waals surface area (Å²) in [6, 6.07) is 20.8. The standard InChI is InChI=1S/C29H33N5O3/c1-5-29(3,4)30-28(37)27(22-14-16-23(35)17-15-22)33(18-21-12-10-20(2)11-13-21)26(36)19-34-25-9-7-6-8-24(25)31-32-34/h6-17,27,35H,5,18-19H2,1-4H3,(H,30,37). The van der Waals surface area contributed by atoms with E-state index in [9.17, 15) is 14.7 Å². The van der Waals surface area contributed by atoms with Gasteiger partial charge in [0.1, 0.15) is 23.9 Å². The van der Waals surface area contributed by atoms with Gasteiger partial charge in [-0.3, -0.25) is 9.59 Å². The summed E-state index contributed by atoms with van der Waals surface area (Å²) in [6.45, 7) is 8.05. The highest BCUT2D eigenvalue weighted by atomic mass is 16.3. The number of rotatable bonds is 9. The summed E-state index contributed by atoms with van der Waals surface area (Å²) in [4.78, 5) is 29.3. The monoisotopic (exact) mass is 499 g/mol. The number of aryl methyl sites for hydroxylation is 1. The molecule has 1 unspecified atom stereocenters. The Bertz CT molecular complexity index is 1380. The molecule has 3 aromatic carbocycles. The lowest BCUT2D eigenvalue weighted by Crippen LogP contribution is -2.50. The van der Waals surface area contributed by atoms with E-state index in [1.807, 2.05) is 76.2 Å². The van der Waals surface area contributed by atoms with Gasteiger partial charge in [-0.2, -0.15) is 0 Å². The largest absolute Gasteiger partial charge is 0.508 e. The maximum atomic E-state index is 14.0. The first-order valence-electron chi connectivity index (χ1n) is 12.4. The van der Waals surface area contributed by atoms with E-state index >= 15 is 0 Å². The molecule has 0 radical (unpaired) electrons. The number of fused-ring (bicyclic) bond motifs is 1. The summed E-state index contributed by atoms with van der Waals surface area (Å²) in [5.74, 6) is -0.484. The first kappa shape index (κ1) is 25.9. The molecule has 1 atom stereocenters. The van der Waals surface area contributed by atoms with Gasteiger partial charge in [-0.25, -0.2) is 4.68 Å². The van der Waals surface area contributed by atoms with Crippen molar-refractivity contribution < 1.29 is 14.7 Å². The fraction of sp³-hybridized carbons (Fsp3) is 0.310. The van der Waals surface area contributed by atoms with Crippen LogP contribution in [0, 0.1) is 6.92 Å². The highest BCUT2D eigenvalue weighted by Gasteiger charge is 2.34. The van der Waals surface area contributed by atoms with Crippen LogP contribution in [0.25, 0.3) is 11.0 Å². The Balaban J connectivity index is 1.76. The molecule has 1 aromatic heterocycles. The summed E-state index contributed by atoms with van der Waals surface area (Å²) >= 11 is 0. The van der Waals surface area contributed by atoms with Crippen molar-refractivity contribution in [3.8, 4) is 5.75 Å². The Hall–Kier alpha value is -4.20. The van der Waals surface area contributed by atoms with E-state index < -0.39 is 11.6 Å². The van der Waals surface area contributed by atoms with E-state index in [1.54, 1.807) is 21.7 Å². The van der Waals surface area contributed by atoms with E-state index in [1.165, 1.54) is 12.1 Å². The molecule has 192 valence electrons. The smallest absolute Gasteiger partial charge is 0.247 e. The minimum absolute atomic E-state index is 0.0780. The Labute approximate surface area is 216 Å². The highest BCUT2D eigenvalue weighted by Crippen LogP contribution is 2.27. The molecule has 0 saturated heterocycles. The molecule has 2 N–H and O–H groups in total. The molecule has 0 spiro atoms. The van der Waals surface area contributed by atoms with Crippen LogP contribution in [0.5, 0.6) is 5.75 Å². The molecule has 0 bridgehead atoms. The predicted octanol–water partition coefficient (Wildman–Crippen LogP) is 4.52. The number of hydrogen-bond donors (Lipinski definition) is 2. The van der Waals surface area contributed by atoms with Gasteiger partial charge in [-0.05, 0) is 62.6 Å². The van der Waals surface area contributed by atoms with E-state index in [0.29, 0.717) is 11.1 Å². The van der Waals surface area contributed by atoms with Crippen LogP contribution in [0.2, 0.25) is 0 Å². The van der Waals surface area contributed by atoms with E-state index in [0.717, 1.165) is 23.1 Å². The second-order valence-electron chi connectivity index (χ2n) is 9.96. The number of carbonyl (C=O) groups excluding carboxylic acids is 2. The zero-order valence-corrected chi connectivity index (χ0v) is 21.7. The number of aromatic nitrogens is 3. The highest BCUT2D eigenvalue weighted by molar-refractivity contribution is 5.89. The zero-order chi connectivity index (χ0) is 26.6. The number of benzene rings is 3. The molecule has 1 heterocycles. The van der Waals surface area contributed by atoms with Crippen LogP contribution in [0.3, 0.4) is 0 Å². The van der Waals surface area contributed by atoms with E-state index in [2.05, 4.69) is 15.6 Å². The normalized spacial score (nSPS) is 12.3. The van der Waals surface area contributed by atoms with Crippen LogP contribution >= 0.6 is 0 Å². The third-order valence-electron chi connectivity index (χ3n) is 6.61. The molecule has 0 aliphatic heterocycles. The molecule has 8 nitrogen and oxygen atoms in total. The Morgan fingerprint density at radius 3 is 2.38 bits per heavy atom. The number of phenols is 1. The van der Waals surface area contributed by atoms with Crippen molar-refractivity contribution in [1.82, 2.24) is 25.2 Å². The van der Waals surface area contributed by atoms with Gasteiger partial charge >= 0.3 is 0 Å². The van der Waals surface area contributed by atoms with Gasteiger partial charge in [0.15, 0.2) is 0 Å². The zero-order valence-electron chi connectivity index (χ0n) is 21.7. The summed E-state index contributed by atoms with van der Waals surface area (Å²) in [5, 5.41) is 21.3. The average molecular weight is 500 g/mol.